The summed E-state index contributed by atoms with van der Waals surface area (Å²) in [6.45, 7) is 2.60. The number of methoxy groups -OCH3 is 2. The molecule has 1 rings (SSSR count). The molecule has 1 atom stereocenters. The third-order valence-corrected chi connectivity index (χ3v) is 2.62. The zero-order chi connectivity index (χ0) is 13.5. The van der Waals surface area contributed by atoms with Crippen LogP contribution >= 0.6 is 12.4 Å². The van der Waals surface area contributed by atoms with Crippen LogP contribution in [0.1, 0.15) is 11.1 Å². The predicted molar refractivity (Wildman–Crippen MR) is 76.7 cm³/mol. The summed E-state index contributed by atoms with van der Waals surface area (Å²) < 4.78 is 10.0. The molecule has 0 aliphatic rings. The van der Waals surface area contributed by atoms with E-state index in [4.69, 9.17) is 15.2 Å². The summed E-state index contributed by atoms with van der Waals surface area (Å²) in [7, 11) is 3.14. The van der Waals surface area contributed by atoms with E-state index in [1.54, 1.807) is 7.11 Å². The van der Waals surface area contributed by atoms with E-state index in [1.807, 2.05) is 25.1 Å². The highest BCUT2D eigenvalue weighted by Crippen LogP contribution is 2.18. The average Bonchev–Trinajstić information content (AvgIpc) is 2.37. The Bertz CT molecular complexity index is 413. The van der Waals surface area contributed by atoms with E-state index in [9.17, 15) is 4.79 Å². The van der Waals surface area contributed by atoms with Gasteiger partial charge in [-0.15, -0.1) is 12.4 Å². The lowest BCUT2D eigenvalue weighted by atomic mass is 10.1. The van der Waals surface area contributed by atoms with Gasteiger partial charge in [-0.2, -0.15) is 0 Å². The zero-order valence-corrected chi connectivity index (χ0v) is 12.3. The van der Waals surface area contributed by atoms with E-state index >= 15 is 0 Å². The minimum Gasteiger partial charge on any atom is -0.496 e. The molecule has 0 aromatic heterocycles. The van der Waals surface area contributed by atoms with E-state index in [0.29, 0.717) is 6.54 Å². The SMILES string of the molecule is COCC(N)C(=O)NCc1ccc(C)c(OC)c1.Cl. The molecule has 0 aliphatic carbocycles. The topological polar surface area (TPSA) is 73.6 Å². The fourth-order valence-corrected chi connectivity index (χ4v) is 1.55. The highest BCUT2D eigenvalue weighted by Gasteiger charge is 2.12. The highest BCUT2D eigenvalue weighted by atomic mass is 35.5. The van der Waals surface area contributed by atoms with Gasteiger partial charge in [0.1, 0.15) is 11.8 Å². The predicted octanol–water partition coefficient (Wildman–Crippen LogP) is 1.02. The fourth-order valence-electron chi connectivity index (χ4n) is 1.55. The average molecular weight is 289 g/mol. The van der Waals surface area contributed by atoms with E-state index in [-0.39, 0.29) is 24.9 Å². The van der Waals surface area contributed by atoms with Gasteiger partial charge in [-0.25, -0.2) is 0 Å². The maximum Gasteiger partial charge on any atom is 0.239 e. The van der Waals surface area contributed by atoms with Gasteiger partial charge in [0.25, 0.3) is 0 Å². The van der Waals surface area contributed by atoms with Crippen molar-refractivity contribution in [3.05, 3.63) is 29.3 Å². The summed E-state index contributed by atoms with van der Waals surface area (Å²) in [6, 6.07) is 5.16. The van der Waals surface area contributed by atoms with Gasteiger partial charge >= 0.3 is 0 Å². The molecule has 0 heterocycles. The van der Waals surface area contributed by atoms with Crippen molar-refractivity contribution in [3.63, 3.8) is 0 Å². The molecule has 0 bridgehead atoms. The van der Waals surface area contributed by atoms with Crippen molar-refractivity contribution in [2.24, 2.45) is 5.73 Å². The quantitative estimate of drug-likeness (QED) is 0.819. The number of nitrogens with two attached hydrogens (primary N) is 1. The normalized spacial score (nSPS) is 11.4. The van der Waals surface area contributed by atoms with Crippen LogP contribution in [0.4, 0.5) is 0 Å². The first-order chi connectivity index (χ1) is 8.58. The lowest BCUT2D eigenvalue weighted by Crippen LogP contribution is -2.43. The molecule has 1 unspecified atom stereocenters. The first-order valence-corrected chi connectivity index (χ1v) is 5.74. The monoisotopic (exact) mass is 288 g/mol. The van der Waals surface area contributed by atoms with Crippen molar-refractivity contribution in [3.8, 4) is 5.75 Å². The summed E-state index contributed by atoms with van der Waals surface area (Å²) in [5, 5.41) is 2.75. The van der Waals surface area contributed by atoms with Gasteiger partial charge in [-0.1, -0.05) is 12.1 Å². The Balaban J connectivity index is 0.00000324. The number of rotatable bonds is 6. The summed E-state index contributed by atoms with van der Waals surface area (Å²) in [4.78, 5) is 11.6. The molecule has 1 amide bonds. The van der Waals surface area contributed by atoms with Crippen LogP contribution in [0, 0.1) is 6.92 Å². The zero-order valence-electron chi connectivity index (χ0n) is 11.4. The Labute approximate surface area is 119 Å². The molecule has 0 saturated carbocycles. The molecule has 6 heteroatoms. The fraction of sp³-hybridized carbons (Fsp3) is 0.462. The lowest BCUT2D eigenvalue weighted by Gasteiger charge is -2.12. The number of carbonyl (C=O) groups excluding carboxylic acids is 1. The number of hydrogen-bond donors (Lipinski definition) is 2. The van der Waals surface area contributed by atoms with Gasteiger partial charge in [0.2, 0.25) is 5.91 Å². The number of halogens is 1. The molecule has 19 heavy (non-hydrogen) atoms. The Morgan fingerprint density at radius 3 is 2.68 bits per heavy atom. The van der Waals surface area contributed by atoms with Crippen LogP contribution in [0.5, 0.6) is 5.75 Å². The Morgan fingerprint density at radius 1 is 1.42 bits per heavy atom. The number of aryl methyl sites for hydroxylation is 1. The van der Waals surface area contributed by atoms with Gasteiger partial charge in [0, 0.05) is 13.7 Å². The summed E-state index contributed by atoms with van der Waals surface area (Å²) >= 11 is 0. The minimum atomic E-state index is -0.637. The van der Waals surface area contributed by atoms with Crippen LogP contribution in [0.15, 0.2) is 18.2 Å². The van der Waals surface area contributed by atoms with Crippen molar-refractivity contribution < 1.29 is 14.3 Å². The van der Waals surface area contributed by atoms with E-state index < -0.39 is 6.04 Å². The molecular formula is C13H21ClN2O3. The second-order valence-electron chi connectivity index (χ2n) is 4.08. The van der Waals surface area contributed by atoms with Gasteiger partial charge in [-0.3, -0.25) is 4.79 Å². The standard InChI is InChI=1S/C13H20N2O3.ClH/c1-9-4-5-10(6-12(9)18-3)7-15-13(16)11(14)8-17-2;/h4-6,11H,7-8,14H2,1-3H3,(H,15,16);1H. The molecular weight excluding hydrogens is 268 g/mol. The van der Waals surface area contributed by atoms with Gasteiger partial charge in [-0.05, 0) is 24.1 Å². The third kappa shape index (κ3) is 5.46. The second-order valence-corrected chi connectivity index (χ2v) is 4.08. The molecule has 5 nitrogen and oxygen atoms in total. The molecule has 3 N–H and O–H groups in total. The van der Waals surface area contributed by atoms with Crippen LogP contribution in [-0.4, -0.2) is 32.8 Å². The summed E-state index contributed by atoms with van der Waals surface area (Å²) in [6.07, 6.45) is 0. The van der Waals surface area contributed by atoms with E-state index in [2.05, 4.69) is 5.32 Å². The number of carbonyl (C=O) groups is 1. The Morgan fingerprint density at radius 2 is 2.11 bits per heavy atom. The Kier molecular flexibility index (Phi) is 8.14. The smallest absolute Gasteiger partial charge is 0.239 e. The van der Waals surface area contributed by atoms with Crippen LogP contribution < -0.4 is 15.8 Å². The van der Waals surface area contributed by atoms with Crippen molar-refractivity contribution in [1.82, 2.24) is 5.32 Å². The Hall–Kier alpha value is -1.30. The molecule has 0 aliphatic heterocycles. The molecule has 0 radical (unpaired) electrons. The van der Waals surface area contributed by atoms with Crippen LogP contribution in [0.2, 0.25) is 0 Å². The molecule has 1 aromatic carbocycles. The van der Waals surface area contributed by atoms with Crippen molar-refractivity contribution in [1.29, 1.82) is 0 Å². The van der Waals surface area contributed by atoms with Crippen LogP contribution in [0.25, 0.3) is 0 Å². The van der Waals surface area contributed by atoms with E-state index in [1.165, 1.54) is 7.11 Å². The first-order valence-electron chi connectivity index (χ1n) is 5.74. The molecule has 0 spiro atoms. The van der Waals surface area contributed by atoms with Gasteiger partial charge in [0.15, 0.2) is 0 Å². The molecule has 1 aromatic rings. The van der Waals surface area contributed by atoms with Crippen LogP contribution in [-0.2, 0) is 16.1 Å². The lowest BCUT2D eigenvalue weighted by molar-refractivity contribution is -0.123. The third-order valence-electron chi connectivity index (χ3n) is 2.62. The minimum absolute atomic E-state index is 0. The highest BCUT2D eigenvalue weighted by molar-refractivity contribution is 5.85. The summed E-state index contributed by atoms with van der Waals surface area (Å²) in [5.74, 6) is 0.583. The van der Waals surface area contributed by atoms with Crippen molar-refractivity contribution in [2.45, 2.75) is 19.5 Å². The molecule has 108 valence electrons. The number of hydrogen-bond acceptors (Lipinski definition) is 4. The van der Waals surface area contributed by atoms with Crippen molar-refractivity contribution >= 4 is 18.3 Å². The number of ether oxygens (including phenoxy) is 2. The first kappa shape index (κ1) is 17.7. The van der Waals surface area contributed by atoms with Crippen molar-refractivity contribution in [2.75, 3.05) is 20.8 Å². The number of amides is 1. The summed E-state index contributed by atoms with van der Waals surface area (Å²) in [5.41, 5.74) is 7.64. The van der Waals surface area contributed by atoms with Gasteiger partial charge < -0.3 is 20.5 Å². The van der Waals surface area contributed by atoms with E-state index in [0.717, 1.165) is 16.9 Å². The molecule has 0 fully saturated rings. The number of benzene rings is 1. The molecule has 0 saturated heterocycles. The second kappa shape index (κ2) is 8.74. The largest absolute Gasteiger partial charge is 0.496 e. The van der Waals surface area contributed by atoms with Crippen LogP contribution in [0.3, 0.4) is 0 Å². The van der Waals surface area contributed by atoms with Gasteiger partial charge in [0.05, 0.1) is 13.7 Å². The maximum absolute atomic E-state index is 11.6. The number of nitrogens with one attached hydrogen (secondary N) is 1. The maximum atomic E-state index is 11.6.